The van der Waals surface area contributed by atoms with E-state index in [9.17, 15) is 14.4 Å². The highest BCUT2D eigenvalue weighted by Gasteiger charge is 2.19. The Bertz CT molecular complexity index is 593. The third kappa shape index (κ3) is 7.34. The number of carbonyl (C=O) groups is 2. The molecule has 1 aromatic heterocycles. The first-order valence-electron chi connectivity index (χ1n) is 6.77. The Labute approximate surface area is 135 Å². The van der Waals surface area contributed by atoms with Crippen LogP contribution in [0, 0.1) is 6.92 Å². The molecule has 0 radical (unpaired) electrons. The summed E-state index contributed by atoms with van der Waals surface area (Å²) in [4.78, 5) is 38.0. The molecule has 4 N–H and O–H groups in total. The van der Waals surface area contributed by atoms with Crippen LogP contribution in [0.1, 0.15) is 24.4 Å². The topological polar surface area (TPSA) is 175 Å². The highest BCUT2D eigenvalue weighted by atomic mass is 17.1. The zero-order chi connectivity index (χ0) is 18.1. The van der Waals surface area contributed by atoms with Gasteiger partial charge in [-0.05, 0) is 13.3 Å². The number of nitrogens with zero attached hydrogens (tertiary/aromatic N) is 1. The summed E-state index contributed by atoms with van der Waals surface area (Å²) in [5.41, 5.74) is 5.50. The molecule has 0 amide bonds. The highest BCUT2D eigenvalue weighted by Crippen LogP contribution is 2.07. The van der Waals surface area contributed by atoms with Crippen LogP contribution < -0.4 is 11.6 Å². The fourth-order valence-electron chi connectivity index (χ4n) is 1.44. The molecule has 1 atom stereocenters. The number of hydrogen-bond donors (Lipinski definition) is 3. The second-order valence-electron chi connectivity index (χ2n) is 4.52. The van der Waals surface area contributed by atoms with E-state index < -0.39 is 35.8 Å². The maximum atomic E-state index is 11.6. The van der Waals surface area contributed by atoms with Crippen LogP contribution in [0.2, 0.25) is 0 Å². The predicted octanol–water partition coefficient (Wildman–Crippen LogP) is -0.753. The zero-order valence-electron chi connectivity index (χ0n) is 12.8. The molecule has 0 aliphatic rings. The van der Waals surface area contributed by atoms with Crippen LogP contribution in [0.4, 0.5) is 0 Å². The lowest BCUT2D eigenvalue weighted by molar-refractivity contribution is -0.492. The second kappa shape index (κ2) is 9.79. The monoisotopic (exact) mass is 350 g/mol. The SMILES string of the molecule is Cc1oc(=O)oc1COC(=O)C(N)COC(=O)CCCON(O)O. The van der Waals surface area contributed by atoms with Crippen molar-refractivity contribution in [1.29, 1.82) is 0 Å². The van der Waals surface area contributed by atoms with Gasteiger partial charge in [-0.3, -0.25) is 24.8 Å². The van der Waals surface area contributed by atoms with E-state index in [1.165, 1.54) is 6.92 Å². The lowest BCUT2D eigenvalue weighted by Gasteiger charge is -2.11. The van der Waals surface area contributed by atoms with E-state index in [0.29, 0.717) is 0 Å². The van der Waals surface area contributed by atoms with Gasteiger partial charge in [0, 0.05) is 6.42 Å². The van der Waals surface area contributed by atoms with E-state index in [4.69, 9.17) is 25.6 Å². The van der Waals surface area contributed by atoms with Gasteiger partial charge in [-0.1, -0.05) is 0 Å². The van der Waals surface area contributed by atoms with E-state index in [1.54, 1.807) is 0 Å². The summed E-state index contributed by atoms with van der Waals surface area (Å²) in [6, 6.07) is -1.21. The molecule has 0 aliphatic heterocycles. The van der Waals surface area contributed by atoms with E-state index in [1.807, 2.05) is 0 Å². The van der Waals surface area contributed by atoms with Crippen LogP contribution in [0.3, 0.4) is 0 Å². The maximum Gasteiger partial charge on any atom is 0.519 e. The van der Waals surface area contributed by atoms with Gasteiger partial charge >= 0.3 is 17.8 Å². The van der Waals surface area contributed by atoms with Crippen LogP contribution in [0.25, 0.3) is 0 Å². The molecule has 0 saturated heterocycles. The van der Waals surface area contributed by atoms with Gasteiger partial charge < -0.3 is 24.0 Å². The Kier molecular flexibility index (Phi) is 8.08. The van der Waals surface area contributed by atoms with Crippen molar-refractivity contribution in [1.82, 2.24) is 5.39 Å². The van der Waals surface area contributed by atoms with Gasteiger partial charge in [0.05, 0.1) is 12.0 Å². The van der Waals surface area contributed by atoms with E-state index in [-0.39, 0.29) is 37.6 Å². The Morgan fingerprint density at radius 1 is 1.29 bits per heavy atom. The summed E-state index contributed by atoms with van der Waals surface area (Å²) in [7, 11) is 0. The quantitative estimate of drug-likeness (QED) is 0.274. The third-order valence-corrected chi connectivity index (χ3v) is 2.64. The molecule has 24 heavy (non-hydrogen) atoms. The summed E-state index contributed by atoms with van der Waals surface area (Å²) < 4.78 is 18.8. The van der Waals surface area contributed by atoms with Crippen LogP contribution in [-0.4, -0.2) is 47.0 Å². The molecule has 1 aromatic rings. The molecule has 0 saturated carbocycles. The molecule has 0 bridgehead atoms. The van der Waals surface area contributed by atoms with Gasteiger partial charge in [0.15, 0.2) is 18.1 Å². The van der Waals surface area contributed by atoms with Crippen molar-refractivity contribution in [3.63, 3.8) is 0 Å². The second-order valence-corrected chi connectivity index (χ2v) is 4.52. The molecule has 0 aliphatic carbocycles. The number of rotatable bonds is 10. The van der Waals surface area contributed by atoms with E-state index in [0.717, 1.165) is 0 Å². The van der Waals surface area contributed by atoms with Crippen molar-refractivity contribution >= 4 is 11.9 Å². The van der Waals surface area contributed by atoms with Crippen molar-refractivity contribution in [3.8, 4) is 0 Å². The summed E-state index contributed by atoms with van der Waals surface area (Å²) in [5, 5.41) is 16.0. The minimum Gasteiger partial charge on any atom is -0.463 e. The molecule has 12 nitrogen and oxygen atoms in total. The van der Waals surface area contributed by atoms with Gasteiger partial charge in [0.1, 0.15) is 12.6 Å². The van der Waals surface area contributed by atoms with Crippen LogP contribution in [0.5, 0.6) is 0 Å². The van der Waals surface area contributed by atoms with E-state index in [2.05, 4.69) is 13.7 Å². The van der Waals surface area contributed by atoms with Crippen molar-refractivity contribution in [3.05, 3.63) is 22.1 Å². The van der Waals surface area contributed by atoms with Gasteiger partial charge in [0.25, 0.3) is 0 Å². The van der Waals surface area contributed by atoms with Crippen molar-refractivity contribution in [2.45, 2.75) is 32.4 Å². The minimum atomic E-state index is -1.21. The molecule has 1 heterocycles. The summed E-state index contributed by atoms with van der Waals surface area (Å²) in [5.74, 6) is -2.18. The highest BCUT2D eigenvalue weighted by molar-refractivity contribution is 5.76. The summed E-state index contributed by atoms with van der Waals surface area (Å²) in [6.07, 6.45) is 0.0872. The van der Waals surface area contributed by atoms with Crippen molar-refractivity contribution < 1.29 is 43.1 Å². The first-order chi connectivity index (χ1) is 11.3. The van der Waals surface area contributed by atoms with Gasteiger partial charge in [-0.2, -0.15) is 0 Å². The molecule has 0 aromatic carbocycles. The first kappa shape index (κ1) is 19.8. The van der Waals surface area contributed by atoms with Crippen LogP contribution in [0.15, 0.2) is 13.6 Å². The molecule has 136 valence electrons. The lowest BCUT2D eigenvalue weighted by Crippen LogP contribution is -2.37. The smallest absolute Gasteiger partial charge is 0.463 e. The van der Waals surface area contributed by atoms with Gasteiger partial charge in [0.2, 0.25) is 0 Å². The minimum absolute atomic E-state index is 0.0550. The van der Waals surface area contributed by atoms with Crippen molar-refractivity contribution in [2.75, 3.05) is 13.2 Å². The molecular weight excluding hydrogens is 332 g/mol. The Morgan fingerprint density at radius 2 is 2.00 bits per heavy atom. The molecule has 0 fully saturated rings. The van der Waals surface area contributed by atoms with Crippen molar-refractivity contribution in [2.24, 2.45) is 5.73 Å². The fourth-order valence-corrected chi connectivity index (χ4v) is 1.44. The first-order valence-corrected chi connectivity index (χ1v) is 6.77. The van der Waals surface area contributed by atoms with Crippen LogP contribution in [-0.2, 0) is 30.5 Å². The number of carbonyl (C=O) groups excluding carboxylic acids is 2. The van der Waals surface area contributed by atoms with Gasteiger partial charge in [-0.15, -0.1) is 0 Å². The number of hydrogen-bond acceptors (Lipinski definition) is 12. The molecular formula is C12H18N2O10. The average Bonchev–Trinajstić information content (AvgIpc) is 2.84. The lowest BCUT2D eigenvalue weighted by atomic mass is 10.3. The van der Waals surface area contributed by atoms with Gasteiger partial charge in [-0.25, -0.2) is 4.79 Å². The molecule has 0 spiro atoms. The Morgan fingerprint density at radius 3 is 2.58 bits per heavy atom. The third-order valence-electron chi connectivity index (χ3n) is 2.64. The molecule has 1 unspecified atom stereocenters. The average molecular weight is 350 g/mol. The number of aryl methyl sites for hydroxylation is 1. The number of ether oxygens (including phenoxy) is 2. The Hall–Kier alpha value is -2.25. The fraction of sp³-hybridized carbons (Fsp3) is 0.583. The normalized spacial score (nSPS) is 12.2. The number of nitrogens with two attached hydrogens (primary N) is 1. The zero-order valence-corrected chi connectivity index (χ0v) is 12.8. The van der Waals surface area contributed by atoms with Crippen LogP contribution >= 0.6 is 0 Å². The summed E-state index contributed by atoms with van der Waals surface area (Å²) in [6.45, 7) is 0.602. The standard InChI is InChI=1S/C12H18N2O10/c1-7-9(24-12(17)23-7)6-21-11(16)8(13)5-20-10(15)3-2-4-22-14(18)19/h8,18-19H,2-6,13H2,1H3. The molecule has 1 rings (SSSR count). The Balaban J connectivity index is 2.22. The number of esters is 2. The maximum absolute atomic E-state index is 11.6. The largest absolute Gasteiger partial charge is 0.519 e. The van der Waals surface area contributed by atoms with E-state index >= 15 is 0 Å². The summed E-state index contributed by atoms with van der Waals surface area (Å²) >= 11 is 0. The molecule has 12 heteroatoms. The predicted molar refractivity (Wildman–Crippen MR) is 71.3 cm³/mol.